The van der Waals surface area contributed by atoms with E-state index in [1.54, 1.807) is 42.5 Å². The first-order valence-corrected chi connectivity index (χ1v) is 16.0. The van der Waals surface area contributed by atoms with Crippen LogP contribution in [-0.2, 0) is 21.4 Å². The van der Waals surface area contributed by atoms with Crippen molar-refractivity contribution < 1.29 is 23.1 Å². The molecule has 6 aromatic rings. The smallest absolute Gasteiger partial charge is 0.325 e. The Morgan fingerprint density at radius 2 is 1.38 bits per heavy atom. The summed E-state index contributed by atoms with van der Waals surface area (Å²) in [6.45, 7) is 2.18. The summed E-state index contributed by atoms with van der Waals surface area (Å²) in [5, 5.41) is 14.4. The largest absolute Gasteiger partial charge is 0.489 e. The molecule has 1 atom stereocenters. The average molecular weight is 617 g/mol. The first-order valence-electron chi connectivity index (χ1n) is 14.5. The second-order valence-corrected chi connectivity index (χ2v) is 12.7. The Morgan fingerprint density at radius 1 is 0.800 bits per heavy atom. The van der Waals surface area contributed by atoms with Gasteiger partial charge in [0.15, 0.2) is 0 Å². The Hall–Kier alpha value is -5.18. The van der Waals surface area contributed by atoms with Crippen molar-refractivity contribution in [1.29, 1.82) is 0 Å². The number of hydrogen-bond donors (Lipinski definition) is 2. The van der Waals surface area contributed by atoms with Crippen molar-refractivity contribution in [2.24, 2.45) is 0 Å². The first-order chi connectivity index (χ1) is 21.8. The van der Waals surface area contributed by atoms with Crippen molar-refractivity contribution in [3.63, 3.8) is 0 Å². The highest BCUT2D eigenvalue weighted by Gasteiger charge is 2.31. The summed E-state index contributed by atoms with van der Waals surface area (Å²) in [5.41, 5.74) is 4.29. The van der Waals surface area contributed by atoms with E-state index in [9.17, 15) is 18.3 Å². The van der Waals surface area contributed by atoms with E-state index >= 15 is 0 Å². The number of carboxylic acids is 1. The summed E-state index contributed by atoms with van der Waals surface area (Å²) < 4.78 is 35.2. The van der Waals surface area contributed by atoms with Gasteiger partial charge in [0, 0.05) is 17.1 Å². The molecule has 1 aromatic heterocycles. The molecule has 2 N–H and O–H groups in total. The SMILES string of the molecule is Cc1ccc(S(=O)(=O)n2cc(C(NC(c3ccccc3)c3ccccc3)C(=O)O)c3cc(OCc4ccccc4)ccc32)cc1. The zero-order valence-corrected chi connectivity index (χ0v) is 25.4. The molecule has 45 heavy (non-hydrogen) atoms. The first kappa shape index (κ1) is 29.9. The third-order valence-electron chi connectivity index (χ3n) is 7.76. The van der Waals surface area contributed by atoms with Gasteiger partial charge in [-0.2, -0.15) is 0 Å². The molecule has 0 aliphatic carbocycles. The van der Waals surface area contributed by atoms with Crippen molar-refractivity contribution in [3.8, 4) is 5.75 Å². The summed E-state index contributed by atoms with van der Waals surface area (Å²) in [4.78, 5) is 13.2. The van der Waals surface area contributed by atoms with E-state index in [0.29, 0.717) is 28.8 Å². The number of aromatic nitrogens is 1. The molecule has 6 rings (SSSR count). The molecule has 0 radical (unpaired) electrons. The summed E-state index contributed by atoms with van der Waals surface area (Å²) >= 11 is 0. The van der Waals surface area contributed by atoms with Crippen LogP contribution in [0.4, 0.5) is 0 Å². The van der Waals surface area contributed by atoms with Crippen LogP contribution < -0.4 is 10.1 Å². The van der Waals surface area contributed by atoms with Crippen molar-refractivity contribution in [2.45, 2.75) is 30.5 Å². The van der Waals surface area contributed by atoms with Crippen LogP contribution in [0.5, 0.6) is 5.75 Å². The summed E-state index contributed by atoms with van der Waals surface area (Å²) in [6.07, 6.45) is 1.42. The molecule has 0 bridgehead atoms. The Kier molecular flexibility index (Phi) is 8.51. The fourth-order valence-corrected chi connectivity index (χ4v) is 6.80. The Labute approximate surface area is 262 Å². The zero-order chi connectivity index (χ0) is 31.4. The van der Waals surface area contributed by atoms with Crippen molar-refractivity contribution in [2.75, 3.05) is 0 Å². The molecule has 0 spiro atoms. The normalized spacial score (nSPS) is 12.3. The van der Waals surface area contributed by atoms with Gasteiger partial charge in [-0.25, -0.2) is 12.4 Å². The lowest BCUT2D eigenvalue weighted by atomic mass is 9.96. The van der Waals surface area contributed by atoms with E-state index in [4.69, 9.17) is 4.74 Å². The minimum atomic E-state index is -4.07. The molecule has 5 aromatic carbocycles. The number of carboxylic acid groups (broad SMARTS) is 1. The van der Waals surface area contributed by atoms with Gasteiger partial charge in [0.2, 0.25) is 0 Å². The fourth-order valence-electron chi connectivity index (χ4n) is 5.42. The number of benzene rings is 5. The van der Waals surface area contributed by atoms with E-state index in [-0.39, 0.29) is 4.90 Å². The monoisotopic (exact) mass is 616 g/mol. The molecule has 8 heteroatoms. The number of rotatable bonds is 11. The average Bonchev–Trinajstić information content (AvgIpc) is 3.45. The number of nitrogens with one attached hydrogen (secondary N) is 1. The molecule has 0 aliphatic heterocycles. The van der Waals surface area contributed by atoms with E-state index in [1.807, 2.05) is 97.9 Å². The third-order valence-corrected chi connectivity index (χ3v) is 9.44. The number of fused-ring (bicyclic) bond motifs is 1. The molecule has 0 saturated heterocycles. The quantitative estimate of drug-likeness (QED) is 0.159. The molecule has 0 amide bonds. The van der Waals surface area contributed by atoms with Gasteiger partial charge < -0.3 is 9.84 Å². The van der Waals surface area contributed by atoms with Crippen LogP contribution >= 0.6 is 0 Å². The number of aliphatic carboxylic acids is 1. The number of aryl methyl sites for hydroxylation is 1. The van der Waals surface area contributed by atoms with Gasteiger partial charge in [-0.05, 0) is 53.9 Å². The van der Waals surface area contributed by atoms with Crippen LogP contribution in [-0.4, -0.2) is 23.5 Å². The second kappa shape index (κ2) is 12.8. The Morgan fingerprint density at radius 3 is 1.96 bits per heavy atom. The van der Waals surface area contributed by atoms with Crippen molar-refractivity contribution in [3.05, 3.63) is 167 Å². The predicted molar refractivity (Wildman–Crippen MR) is 175 cm³/mol. The number of hydrogen-bond acceptors (Lipinski definition) is 5. The molecule has 0 fully saturated rings. The maximum atomic E-state index is 14.0. The maximum Gasteiger partial charge on any atom is 0.325 e. The lowest BCUT2D eigenvalue weighted by molar-refractivity contribution is -0.139. The lowest BCUT2D eigenvalue weighted by Gasteiger charge is -2.24. The second-order valence-electron chi connectivity index (χ2n) is 10.8. The molecule has 1 unspecified atom stereocenters. The van der Waals surface area contributed by atoms with Crippen LogP contribution in [0.25, 0.3) is 10.9 Å². The van der Waals surface area contributed by atoms with Gasteiger partial charge in [0.05, 0.1) is 16.5 Å². The van der Waals surface area contributed by atoms with Crippen molar-refractivity contribution in [1.82, 2.24) is 9.29 Å². The minimum Gasteiger partial charge on any atom is -0.489 e. The van der Waals surface area contributed by atoms with Gasteiger partial charge >= 0.3 is 5.97 Å². The Balaban J connectivity index is 1.48. The topological polar surface area (TPSA) is 97.6 Å². The van der Waals surface area contributed by atoms with Crippen LogP contribution in [0.1, 0.15) is 39.9 Å². The predicted octanol–water partition coefficient (Wildman–Crippen LogP) is 7.27. The number of carbonyl (C=O) groups is 1. The highest BCUT2D eigenvalue weighted by molar-refractivity contribution is 7.90. The fraction of sp³-hybridized carbons (Fsp3) is 0.108. The number of nitrogens with zero attached hydrogens (tertiary/aromatic N) is 1. The third kappa shape index (κ3) is 6.38. The summed E-state index contributed by atoms with van der Waals surface area (Å²) in [6, 6.07) is 38.7. The zero-order valence-electron chi connectivity index (χ0n) is 24.6. The highest BCUT2D eigenvalue weighted by Crippen LogP contribution is 2.35. The van der Waals surface area contributed by atoms with Crippen LogP contribution in [0.15, 0.2) is 145 Å². The van der Waals surface area contributed by atoms with Crippen LogP contribution in [0.2, 0.25) is 0 Å². The van der Waals surface area contributed by atoms with Gasteiger partial charge in [0.1, 0.15) is 18.4 Å². The molecule has 0 aliphatic rings. The molecule has 7 nitrogen and oxygen atoms in total. The lowest BCUT2D eigenvalue weighted by Crippen LogP contribution is -2.32. The highest BCUT2D eigenvalue weighted by atomic mass is 32.2. The van der Waals surface area contributed by atoms with Gasteiger partial charge in [-0.3, -0.25) is 10.1 Å². The molecule has 0 saturated carbocycles. The Bertz CT molecular complexity index is 1990. The van der Waals surface area contributed by atoms with Gasteiger partial charge in [-0.1, -0.05) is 109 Å². The van der Waals surface area contributed by atoms with E-state index < -0.39 is 28.1 Å². The van der Waals surface area contributed by atoms with Crippen LogP contribution in [0.3, 0.4) is 0 Å². The van der Waals surface area contributed by atoms with E-state index in [2.05, 4.69) is 5.32 Å². The molecular formula is C37H32N2O5S. The summed E-state index contributed by atoms with van der Waals surface area (Å²) in [5.74, 6) is -0.654. The summed E-state index contributed by atoms with van der Waals surface area (Å²) in [7, 11) is -4.07. The van der Waals surface area contributed by atoms with Gasteiger partial charge in [0.25, 0.3) is 10.0 Å². The number of ether oxygens (including phenoxy) is 1. The standard InChI is InChI=1S/C37H32N2O5S/c1-26-17-20-31(21-18-26)45(42,43)39-24-33(32-23-30(19-22-34(32)39)44-25-27-11-5-2-6-12-27)36(37(40)41)38-35(28-13-7-3-8-14-28)29-15-9-4-10-16-29/h2-24,35-36,38H,25H2,1H3,(H,40,41). The molecule has 226 valence electrons. The molecular weight excluding hydrogens is 584 g/mol. The van der Waals surface area contributed by atoms with Crippen LogP contribution in [0, 0.1) is 6.92 Å². The van der Waals surface area contributed by atoms with E-state index in [1.165, 1.54) is 10.2 Å². The van der Waals surface area contributed by atoms with E-state index in [0.717, 1.165) is 22.3 Å². The van der Waals surface area contributed by atoms with Crippen molar-refractivity contribution >= 4 is 26.9 Å². The minimum absolute atomic E-state index is 0.104. The maximum absolute atomic E-state index is 14.0. The van der Waals surface area contributed by atoms with Gasteiger partial charge in [-0.15, -0.1) is 0 Å². The molecule has 1 heterocycles.